The average molecular weight is 325 g/mol. The Labute approximate surface area is 118 Å². The summed E-state index contributed by atoms with van der Waals surface area (Å²) in [5.41, 5.74) is 0.247. The third-order valence-electron chi connectivity index (χ3n) is 3.64. The molecule has 18 heavy (non-hydrogen) atoms. The van der Waals surface area contributed by atoms with Gasteiger partial charge in [-0.3, -0.25) is 0 Å². The molecule has 1 heterocycles. The topological polar surface area (TPSA) is 36.9 Å². The molecule has 1 saturated heterocycles. The minimum atomic E-state index is 0.247. The first-order valence-corrected chi connectivity index (χ1v) is 7.69. The largest absolute Gasteiger partial charge is 0.382 e. The van der Waals surface area contributed by atoms with Crippen molar-refractivity contribution in [3.05, 3.63) is 0 Å². The van der Waals surface area contributed by atoms with Gasteiger partial charge in [-0.15, -0.1) is 0 Å². The lowest BCUT2D eigenvalue weighted by molar-refractivity contribution is 0.00921. The standard InChI is InChI=1S/C13H25BrO4/c1-12-13(11-14,4-6-18-12)3-5-16-9-10-17-8-7-15-2/h12H,3-11H2,1-2H3. The Hall–Kier alpha value is 0.320. The van der Waals surface area contributed by atoms with Gasteiger partial charge in [-0.25, -0.2) is 0 Å². The zero-order valence-corrected chi connectivity index (χ0v) is 13.0. The fourth-order valence-electron chi connectivity index (χ4n) is 2.13. The van der Waals surface area contributed by atoms with Gasteiger partial charge in [-0.05, 0) is 19.8 Å². The number of alkyl halides is 1. The minimum Gasteiger partial charge on any atom is -0.382 e. The van der Waals surface area contributed by atoms with Gasteiger partial charge in [0.1, 0.15) is 0 Å². The fourth-order valence-corrected chi connectivity index (χ4v) is 3.15. The van der Waals surface area contributed by atoms with Gasteiger partial charge in [-0.1, -0.05) is 15.9 Å². The van der Waals surface area contributed by atoms with Crippen LogP contribution in [0.1, 0.15) is 19.8 Å². The summed E-state index contributed by atoms with van der Waals surface area (Å²) in [6, 6.07) is 0. The molecule has 2 atom stereocenters. The summed E-state index contributed by atoms with van der Waals surface area (Å²) in [6.07, 6.45) is 2.48. The first-order chi connectivity index (χ1) is 8.75. The molecule has 0 spiro atoms. The van der Waals surface area contributed by atoms with E-state index in [1.165, 1.54) is 0 Å². The van der Waals surface area contributed by atoms with Crippen LogP contribution < -0.4 is 0 Å². The molecule has 0 aromatic rings. The van der Waals surface area contributed by atoms with Crippen LogP contribution in [0.15, 0.2) is 0 Å². The maximum Gasteiger partial charge on any atom is 0.0701 e. The van der Waals surface area contributed by atoms with Gasteiger partial charge in [0, 0.05) is 31.1 Å². The number of halogens is 1. The number of hydrogen-bond donors (Lipinski definition) is 0. The van der Waals surface area contributed by atoms with Crippen molar-refractivity contribution in [1.82, 2.24) is 0 Å². The van der Waals surface area contributed by atoms with Gasteiger partial charge in [0.15, 0.2) is 0 Å². The summed E-state index contributed by atoms with van der Waals surface area (Å²) in [4.78, 5) is 0. The second-order valence-electron chi connectivity index (χ2n) is 4.73. The van der Waals surface area contributed by atoms with Gasteiger partial charge >= 0.3 is 0 Å². The summed E-state index contributed by atoms with van der Waals surface area (Å²) < 4.78 is 21.5. The highest BCUT2D eigenvalue weighted by Crippen LogP contribution is 2.39. The molecule has 5 heteroatoms. The molecule has 1 aliphatic rings. The van der Waals surface area contributed by atoms with E-state index < -0.39 is 0 Å². The summed E-state index contributed by atoms with van der Waals surface area (Å²) >= 11 is 3.61. The Bertz CT molecular complexity index is 215. The van der Waals surface area contributed by atoms with Crippen molar-refractivity contribution in [1.29, 1.82) is 0 Å². The minimum absolute atomic E-state index is 0.247. The van der Waals surface area contributed by atoms with E-state index in [2.05, 4.69) is 22.9 Å². The van der Waals surface area contributed by atoms with Crippen LogP contribution in [0.5, 0.6) is 0 Å². The van der Waals surface area contributed by atoms with Crippen molar-refractivity contribution in [2.45, 2.75) is 25.9 Å². The highest BCUT2D eigenvalue weighted by molar-refractivity contribution is 9.09. The molecule has 0 aromatic carbocycles. The van der Waals surface area contributed by atoms with E-state index in [0.717, 1.165) is 31.4 Å². The van der Waals surface area contributed by atoms with Gasteiger partial charge in [0.2, 0.25) is 0 Å². The second-order valence-corrected chi connectivity index (χ2v) is 5.29. The van der Waals surface area contributed by atoms with Crippen LogP contribution in [0, 0.1) is 5.41 Å². The van der Waals surface area contributed by atoms with E-state index in [9.17, 15) is 0 Å². The molecule has 1 aliphatic heterocycles. The molecule has 0 amide bonds. The monoisotopic (exact) mass is 324 g/mol. The van der Waals surface area contributed by atoms with Crippen molar-refractivity contribution in [3.8, 4) is 0 Å². The van der Waals surface area contributed by atoms with E-state index in [0.29, 0.717) is 32.5 Å². The molecule has 1 rings (SSSR count). The zero-order chi connectivity index (χ0) is 13.3. The van der Waals surface area contributed by atoms with E-state index in [-0.39, 0.29) is 5.41 Å². The van der Waals surface area contributed by atoms with Gasteiger partial charge in [0.25, 0.3) is 0 Å². The number of rotatable bonds is 10. The lowest BCUT2D eigenvalue weighted by atomic mass is 9.81. The van der Waals surface area contributed by atoms with Crippen LogP contribution >= 0.6 is 15.9 Å². The van der Waals surface area contributed by atoms with E-state index in [4.69, 9.17) is 18.9 Å². The maximum absolute atomic E-state index is 5.66. The molecule has 1 fully saturated rings. The van der Waals surface area contributed by atoms with E-state index in [1.54, 1.807) is 7.11 Å². The van der Waals surface area contributed by atoms with Crippen LogP contribution in [0.3, 0.4) is 0 Å². The Morgan fingerprint density at radius 1 is 1.17 bits per heavy atom. The summed E-state index contributed by atoms with van der Waals surface area (Å²) in [6.45, 7) is 6.35. The normalized spacial score (nSPS) is 27.8. The molecule has 0 aromatic heterocycles. The summed E-state index contributed by atoms with van der Waals surface area (Å²) in [7, 11) is 1.67. The molecule has 0 bridgehead atoms. The SMILES string of the molecule is COCCOCCOCCC1(CBr)CCOC1C. The summed E-state index contributed by atoms with van der Waals surface area (Å²) in [5.74, 6) is 0. The van der Waals surface area contributed by atoms with Crippen LogP contribution in [-0.2, 0) is 18.9 Å². The van der Waals surface area contributed by atoms with Crippen molar-refractivity contribution < 1.29 is 18.9 Å². The molecule has 4 nitrogen and oxygen atoms in total. The molecular weight excluding hydrogens is 300 g/mol. The predicted molar refractivity (Wildman–Crippen MR) is 74.4 cm³/mol. The van der Waals surface area contributed by atoms with Gasteiger partial charge in [-0.2, -0.15) is 0 Å². The smallest absolute Gasteiger partial charge is 0.0701 e. The molecular formula is C13H25BrO4. The average Bonchev–Trinajstić information content (AvgIpc) is 2.75. The van der Waals surface area contributed by atoms with E-state index >= 15 is 0 Å². The van der Waals surface area contributed by atoms with Gasteiger partial charge in [0.05, 0.1) is 32.5 Å². The third kappa shape index (κ3) is 5.13. The Morgan fingerprint density at radius 3 is 2.39 bits per heavy atom. The van der Waals surface area contributed by atoms with Crippen molar-refractivity contribution in [2.75, 3.05) is 52.1 Å². The van der Waals surface area contributed by atoms with Crippen LogP contribution in [0.4, 0.5) is 0 Å². The Balaban J connectivity index is 2.03. The molecule has 108 valence electrons. The van der Waals surface area contributed by atoms with Gasteiger partial charge < -0.3 is 18.9 Å². The highest BCUT2D eigenvalue weighted by atomic mass is 79.9. The van der Waals surface area contributed by atoms with Crippen LogP contribution in [0.25, 0.3) is 0 Å². The lowest BCUT2D eigenvalue weighted by Crippen LogP contribution is -2.32. The predicted octanol–water partition coefficient (Wildman–Crippen LogP) is 2.25. The molecule has 0 saturated carbocycles. The van der Waals surface area contributed by atoms with Crippen molar-refractivity contribution >= 4 is 15.9 Å². The highest BCUT2D eigenvalue weighted by Gasteiger charge is 2.40. The quantitative estimate of drug-likeness (QED) is 0.456. The number of methoxy groups -OCH3 is 1. The number of hydrogen-bond acceptors (Lipinski definition) is 4. The number of ether oxygens (including phenoxy) is 4. The fraction of sp³-hybridized carbons (Fsp3) is 1.00. The summed E-state index contributed by atoms with van der Waals surface area (Å²) in [5, 5.41) is 0.981. The molecule has 0 radical (unpaired) electrons. The van der Waals surface area contributed by atoms with E-state index in [1.807, 2.05) is 0 Å². The first-order valence-electron chi connectivity index (χ1n) is 6.57. The Morgan fingerprint density at radius 2 is 1.83 bits per heavy atom. The third-order valence-corrected chi connectivity index (χ3v) is 4.76. The molecule has 2 unspecified atom stereocenters. The Kier molecular flexibility index (Phi) is 8.42. The van der Waals surface area contributed by atoms with Crippen molar-refractivity contribution in [2.24, 2.45) is 5.41 Å². The second kappa shape index (κ2) is 9.26. The van der Waals surface area contributed by atoms with Crippen LogP contribution in [0.2, 0.25) is 0 Å². The first kappa shape index (κ1) is 16.4. The van der Waals surface area contributed by atoms with Crippen LogP contribution in [-0.4, -0.2) is 58.2 Å². The van der Waals surface area contributed by atoms with Crippen molar-refractivity contribution in [3.63, 3.8) is 0 Å². The molecule has 0 aliphatic carbocycles. The zero-order valence-electron chi connectivity index (χ0n) is 11.5. The molecule has 0 N–H and O–H groups in total. The lowest BCUT2D eigenvalue weighted by Gasteiger charge is -2.29. The maximum atomic E-state index is 5.66.